The molecule has 8 atom stereocenters. The number of allylic oxidation sites excluding steroid dienone is 2. The van der Waals surface area contributed by atoms with Crippen LogP contribution in [0.3, 0.4) is 0 Å². The lowest BCUT2D eigenvalue weighted by Crippen LogP contribution is -2.53. The Hall–Kier alpha value is -0.590. The molecule has 0 N–H and O–H groups in total. The van der Waals surface area contributed by atoms with E-state index in [9.17, 15) is 4.79 Å². The van der Waals surface area contributed by atoms with Gasteiger partial charge in [-0.25, -0.2) is 0 Å². The number of rotatable bonds is 6. The molecule has 0 aromatic rings. The molecule has 3 saturated carbocycles. The Morgan fingerprint density at radius 2 is 1.80 bits per heavy atom. The Bertz CT molecular complexity index is 674. The highest BCUT2D eigenvalue weighted by Gasteiger charge is 2.60. The van der Waals surface area contributed by atoms with Crippen molar-refractivity contribution in [2.75, 3.05) is 0 Å². The van der Waals surface area contributed by atoms with Gasteiger partial charge in [-0.3, -0.25) is 4.79 Å². The van der Waals surface area contributed by atoms with Crippen LogP contribution in [0.15, 0.2) is 11.6 Å². The fraction of sp³-hybridized carbons (Fsp3) is 0.897. The van der Waals surface area contributed by atoms with E-state index in [4.69, 9.17) is 0 Å². The minimum Gasteiger partial charge on any atom is -0.299 e. The normalized spacial score (nSPS) is 44.3. The van der Waals surface area contributed by atoms with E-state index in [2.05, 4.69) is 47.6 Å². The van der Waals surface area contributed by atoms with Crippen molar-refractivity contribution in [3.05, 3.63) is 11.6 Å². The third-order valence-electron chi connectivity index (χ3n) is 10.8. The molecule has 0 radical (unpaired) electrons. The van der Waals surface area contributed by atoms with Crippen LogP contribution in [0.2, 0.25) is 0 Å². The second-order valence-electron chi connectivity index (χ2n) is 12.7. The van der Waals surface area contributed by atoms with Crippen molar-refractivity contribution in [3.8, 4) is 0 Å². The smallest absolute Gasteiger partial charge is 0.136 e. The molecule has 170 valence electrons. The van der Waals surface area contributed by atoms with Gasteiger partial charge < -0.3 is 0 Å². The lowest BCUT2D eigenvalue weighted by molar-refractivity contribution is -0.123. The summed E-state index contributed by atoms with van der Waals surface area (Å²) in [5.74, 6) is 6.45. The van der Waals surface area contributed by atoms with Gasteiger partial charge in [0.2, 0.25) is 0 Å². The van der Waals surface area contributed by atoms with Gasteiger partial charge in [-0.1, -0.05) is 72.5 Å². The van der Waals surface area contributed by atoms with E-state index in [1.54, 1.807) is 0 Å². The number of fused-ring (bicyclic) bond motifs is 5. The summed E-state index contributed by atoms with van der Waals surface area (Å²) < 4.78 is 0. The summed E-state index contributed by atoms with van der Waals surface area (Å²) in [6, 6.07) is 0. The molecule has 4 aliphatic rings. The Labute approximate surface area is 186 Å². The second kappa shape index (κ2) is 8.40. The van der Waals surface area contributed by atoms with Gasteiger partial charge in [0.05, 0.1) is 0 Å². The summed E-state index contributed by atoms with van der Waals surface area (Å²) in [5, 5.41) is 0. The second-order valence-corrected chi connectivity index (χ2v) is 12.7. The van der Waals surface area contributed by atoms with Crippen LogP contribution in [0.4, 0.5) is 0 Å². The van der Waals surface area contributed by atoms with Crippen molar-refractivity contribution in [3.63, 3.8) is 0 Å². The first-order valence-electron chi connectivity index (χ1n) is 13.4. The molecule has 3 fully saturated rings. The summed E-state index contributed by atoms with van der Waals surface area (Å²) in [7, 11) is 0. The predicted octanol–water partition coefficient (Wildman–Crippen LogP) is 8.23. The molecule has 0 aromatic heterocycles. The quantitative estimate of drug-likeness (QED) is 0.401. The minimum absolute atomic E-state index is 0.312. The molecule has 0 aromatic carbocycles. The Morgan fingerprint density at radius 3 is 2.50 bits per heavy atom. The van der Waals surface area contributed by atoms with Crippen LogP contribution in [0.5, 0.6) is 0 Å². The van der Waals surface area contributed by atoms with Gasteiger partial charge in [0.25, 0.3) is 0 Å². The third-order valence-corrected chi connectivity index (χ3v) is 10.8. The molecule has 4 rings (SSSR count). The predicted molar refractivity (Wildman–Crippen MR) is 127 cm³/mol. The molecule has 0 aliphatic heterocycles. The number of Topliss-reactive ketones (excluding diaryl/α,β-unsaturated/α-hetero) is 1. The SMILES string of the molecule is CC[C@H]1C=C2CC(=O)CC[C@]2(C)C2CC[C@]3(C)C(C(C)CCCC(C)C)CCC3C21. The van der Waals surface area contributed by atoms with Crippen LogP contribution in [0, 0.1) is 52.3 Å². The maximum atomic E-state index is 12.3. The van der Waals surface area contributed by atoms with E-state index in [0.717, 1.165) is 54.8 Å². The van der Waals surface area contributed by atoms with Crippen LogP contribution in [-0.4, -0.2) is 5.78 Å². The van der Waals surface area contributed by atoms with Crippen molar-refractivity contribution < 1.29 is 4.79 Å². The first kappa shape index (κ1) is 22.6. The zero-order chi connectivity index (χ0) is 21.7. The molecular weight excluding hydrogens is 364 g/mol. The summed E-state index contributed by atoms with van der Waals surface area (Å²) in [5.41, 5.74) is 2.40. The summed E-state index contributed by atoms with van der Waals surface area (Å²) in [4.78, 5) is 12.3. The fourth-order valence-electron chi connectivity index (χ4n) is 9.05. The van der Waals surface area contributed by atoms with Crippen molar-refractivity contribution in [2.24, 2.45) is 52.3 Å². The monoisotopic (exact) mass is 412 g/mol. The van der Waals surface area contributed by atoms with Gasteiger partial charge in [0.15, 0.2) is 0 Å². The molecule has 0 bridgehead atoms. The van der Waals surface area contributed by atoms with Crippen LogP contribution < -0.4 is 0 Å². The van der Waals surface area contributed by atoms with Crippen LogP contribution >= 0.6 is 0 Å². The minimum atomic E-state index is 0.312. The maximum Gasteiger partial charge on any atom is 0.136 e. The number of carbonyl (C=O) groups is 1. The first-order valence-corrected chi connectivity index (χ1v) is 13.4. The summed E-state index contributed by atoms with van der Waals surface area (Å²) in [6.45, 7) is 15.0. The summed E-state index contributed by atoms with van der Waals surface area (Å²) >= 11 is 0. The molecule has 30 heavy (non-hydrogen) atoms. The van der Waals surface area contributed by atoms with Gasteiger partial charge in [-0.2, -0.15) is 0 Å². The largest absolute Gasteiger partial charge is 0.299 e. The zero-order valence-electron chi connectivity index (χ0n) is 20.8. The van der Waals surface area contributed by atoms with E-state index in [-0.39, 0.29) is 0 Å². The number of hydrogen-bond donors (Lipinski definition) is 0. The van der Waals surface area contributed by atoms with Gasteiger partial charge in [-0.15, -0.1) is 0 Å². The van der Waals surface area contributed by atoms with E-state index in [1.165, 1.54) is 56.9 Å². The Kier molecular flexibility index (Phi) is 6.33. The van der Waals surface area contributed by atoms with Crippen molar-refractivity contribution in [1.82, 2.24) is 0 Å². The topological polar surface area (TPSA) is 17.1 Å². The number of ketones is 1. The highest BCUT2D eigenvalue weighted by Crippen LogP contribution is 2.68. The van der Waals surface area contributed by atoms with Crippen LogP contribution in [-0.2, 0) is 4.79 Å². The van der Waals surface area contributed by atoms with Gasteiger partial charge in [0, 0.05) is 12.8 Å². The van der Waals surface area contributed by atoms with Crippen molar-refractivity contribution in [2.45, 2.75) is 112 Å². The van der Waals surface area contributed by atoms with Gasteiger partial charge in [0.1, 0.15) is 5.78 Å². The third kappa shape index (κ3) is 3.65. The van der Waals surface area contributed by atoms with Gasteiger partial charge >= 0.3 is 0 Å². The highest BCUT2D eigenvalue weighted by molar-refractivity contribution is 5.82. The van der Waals surface area contributed by atoms with Crippen LogP contribution in [0.25, 0.3) is 0 Å². The summed E-state index contributed by atoms with van der Waals surface area (Å²) in [6.07, 6.45) is 16.6. The van der Waals surface area contributed by atoms with E-state index in [0.29, 0.717) is 22.5 Å². The molecular formula is C29H48O. The molecule has 1 heteroatoms. The molecule has 0 heterocycles. The average molecular weight is 413 g/mol. The highest BCUT2D eigenvalue weighted by atomic mass is 16.1. The average Bonchev–Trinajstić information content (AvgIpc) is 3.05. The maximum absolute atomic E-state index is 12.3. The van der Waals surface area contributed by atoms with E-state index >= 15 is 0 Å². The van der Waals surface area contributed by atoms with Crippen LogP contribution in [0.1, 0.15) is 112 Å². The van der Waals surface area contributed by atoms with Crippen molar-refractivity contribution in [1.29, 1.82) is 0 Å². The fourth-order valence-corrected chi connectivity index (χ4v) is 9.05. The molecule has 0 saturated heterocycles. The first-order chi connectivity index (χ1) is 14.2. The molecule has 0 spiro atoms. The number of carbonyl (C=O) groups excluding carboxylic acids is 1. The van der Waals surface area contributed by atoms with E-state index in [1.807, 2.05) is 0 Å². The Morgan fingerprint density at radius 1 is 1.03 bits per heavy atom. The molecule has 4 aliphatic carbocycles. The zero-order valence-corrected chi connectivity index (χ0v) is 20.8. The number of hydrogen-bond acceptors (Lipinski definition) is 1. The lowest BCUT2D eigenvalue weighted by atomic mass is 9.45. The molecule has 1 nitrogen and oxygen atoms in total. The lowest BCUT2D eigenvalue weighted by Gasteiger charge is -2.60. The van der Waals surface area contributed by atoms with E-state index < -0.39 is 0 Å². The molecule has 5 unspecified atom stereocenters. The molecule has 0 amide bonds. The Balaban J connectivity index is 1.57. The van der Waals surface area contributed by atoms with Gasteiger partial charge in [-0.05, 0) is 90.8 Å². The van der Waals surface area contributed by atoms with Crippen molar-refractivity contribution >= 4 is 5.78 Å². The standard InChI is InChI=1S/C29H48O/c1-7-21-17-22-18-23(30)13-15-28(22,5)26-14-16-29(6)24(11-12-25(29)27(21)26)20(4)10-8-9-19(2)3/h17,19-21,24-27H,7-16,18H2,1-6H3/t20?,21-,24?,25?,26?,27?,28-,29+/m0/s1.